The maximum absolute atomic E-state index is 11.6. The van der Waals surface area contributed by atoms with E-state index in [9.17, 15) is 4.79 Å². The minimum atomic E-state index is -0.294. The van der Waals surface area contributed by atoms with E-state index in [1.807, 2.05) is 24.4 Å². The fourth-order valence-corrected chi connectivity index (χ4v) is 3.65. The molecule has 0 spiro atoms. The summed E-state index contributed by atoms with van der Waals surface area (Å²) in [6, 6.07) is 3.76. The summed E-state index contributed by atoms with van der Waals surface area (Å²) in [6.07, 6.45) is 0. The first kappa shape index (κ1) is 11.6. The van der Waals surface area contributed by atoms with Gasteiger partial charge in [-0.3, -0.25) is 0 Å². The summed E-state index contributed by atoms with van der Waals surface area (Å²) >= 11 is 8.77. The van der Waals surface area contributed by atoms with E-state index >= 15 is 0 Å². The van der Waals surface area contributed by atoms with Gasteiger partial charge in [0.15, 0.2) is 0 Å². The summed E-state index contributed by atoms with van der Waals surface area (Å²) in [7, 11) is 1.39. The van der Waals surface area contributed by atoms with Gasteiger partial charge in [-0.25, -0.2) is 4.79 Å². The predicted molar refractivity (Wildman–Crippen MR) is 68.7 cm³/mol. The van der Waals surface area contributed by atoms with Gasteiger partial charge in [0.05, 0.1) is 11.4 Å². The number of methoxy groups -OCH3 is 1. The number of halogens is 1. The Balaban J connectivity index is 2.55. The lowest BCUT2D eigenvalue weighted by atomic mass is 10.1. The van der Waals surface area contributed by atoms with Crippen LogP contribution in [0.1, 0.15) is 15.2 Å². The topological polar surface area (TPSA) is 26.3 Å². The number of esters is 1. The van der Waals surface area contributed by atoms with E-state index in [0.717, 1.165) is 20.3 Å². The van der Waals surface area contributed by atoms with Gasteiger partial charge in [0, 0.05) is 10.4 Å². The molecule has 5 heteroatoms. The molecule has 0 aliphatic carbocycles. The van der Waals surface area contributed by atoms with Crippen molar-refractivity contribution in [3.63, 3.8) is 0 Å². The molecule has 0 fully saturated rings. The molecule has 0 amide bonds. The summed E-state index contributed by atoms with van der Waals surface area (Å²) in [5.74, 6) is -0.294. The minimum Gasteiger partial charge on any atom is -0.465 e. The van der Waals surface area contributed by atoms with E-state index < -0.39 is 0 Å². The van der Waals surface area contributed by atoms with Gasteiger partial charge in [-0.1, -0.05) is 11.6 Å². The van der Waals surface area contributed by atoms with Crippen molar-refractivity contribution in [2.24, 2.45) is 0 Å². The zero-order valence-corrected chi connectivity index (χ0v) is 11.1. The summed E-state index contributed by atoms with van der Waals surface area (Å²) in [4.78, 5) is 13.2. The van der Waals surface area contributed by atoms with Gasteiger partial charge in [0.25, 0.3) is 0 Å². The van der Waals surface area contributed by atoms with Crippen molar-refractivity contribution in [2.45, 2.75) is 6.92 Å². The van der Waals surface area contributed by atoms with E-state index in [-0.39, 0.29) is 5.97 Å². The quantitative estimate of drug-likeness (QED) is 0.765. The third-order valence-electron chi connectivity index (χ3n) is 2.17. The molecule has 0 atom stereocenters. The Labute approximate surface area is 106 Å². The molecule has 0 unspecified atom stereocenters. The van der Waals surface area contributed by atoms with E-state index in [1.54, 1.807) is 0 Å². The molecule has 0 N–H and O–H groups in total. The molecular weight excluding hydrogens is 264 g/mol. The monoisotopic (exact) mass is 272 g/mol. The zero-order chi connectivity index (χ0) is 11.7. The second kappa shape index (κ2) is 4.57. The Morgan fingerprint density at radius 3 is 2.75 bits per heavy atom. The van der Waals surface area contributed by atoms with Crippen LogP contribution in [-0.2, 0) is 4.74 Å². The number of thiophene rings is 2. The van der Waals surface area contributed by atoms with Crippen molar-refractivity contribution in [3.05, 3.63) is 32.3 Å². The first-order valence-electron chi connectivity index (χ1n) is 4.55. The first-order chi connectivity index (χ1) is 7.63. The molecule has 0 bridgehead atoms. The highest BCUT2D eigenvalue weighted by atomic mass is 35.5. The fraction of sp³-hybridized carbons (Fsp3) is 0.182. The Morgan fingerprint density at radius 2 is 2.19 bits per heavy atom. The maximum atomic E-state index is 11.6. The van der Waals surface area contributed by atoms with Crippen molar-refractivity contribution in [1.82, 2.24) is 0 Å². The normalized spacial score (nSPS) is 10.4. The number of carbonyl (C=O) groups is 1. The van der Waals surface area contributed by atoms with Crippen molar-refractivity contribution in [1.29, 1.82) is 0 Å². The number of ether oxygens (including phenoxy) is 1. The van der Waals surface area contributed by atoms with Crippen LogP contribution >= 0.6 is 34.3 Å². The van der Waals surface area contributed by atoms with Gasteiger partial charge in [-0.05, 0) is 30.0 Å². The van der Waals surface area contributed by atoms with Crippen LogP contribution in [0.15, 0.2) is 17.5 Å². The standard InChI is InChI=1S/C11H9ClO2S2/c1-6-5-15-10(11(13)14-2)9(6)7-3-4-8(12)16-7/h3-5H,1-2H3. The van der Waals surface area contributed by atoms with Crippen molar-refractivity contribution < 1.29 is 9.53 Å². The first-order valence-corrected chi connectivity index (χ1v) is 6.63. The van der Waals surface area contributed by atoms with Crippen LogP contribution in [0.4, 0.5) is 0 Å². The summed E-state index contributed by atoms with van der Waals surface area (Å²) in [6.45, 7) is 1.98. The second-order valence-electron chi connectivity index (χ2n) is 3.22. The van der Waals surface area contributed by atoms with Crippen LogP contribution in [0.3, 0.4) is 0 Å². The van der Waals surface area contributed by atoms with Crippen LogP contribution in [0, 0.1) is 6.92 Å². The highest BCUT2D eigenvalue weighted by Crippen LogP contribution is 2.38. The lowest BCUT2D eigenvalue weighted by Gasteiger charge is -2.01. The molecule has 16 heavy (non-hydrogen) atoms. The van der Waals surface area contributed by atoms with Gasteiger partial charge >= 0.3 is 5.97 Å². The van der Waals surface area contributed by atoms with Crippen LogP contribution in [0.25, 0.3) is 10.4 Å². The number of hydrogen-bond donors (Lipinski definition) is 0. The largest absolute Gasteiger partial charge is 0.465 e. The van der Waals surface area contributed by atoms with Gasteiger partial charge in [-0.2, -0.15) is 0 Å². The molecule has 2 aromatic rings. The molecule has 0 aliphatic heterocycles. The molecule has 84 valence electrons. The van der Waals surface area contributed by atoms with Crippen molar-refractivity contribution >= 4 is 40.2 Å². The lowest BCUT2D eigenvalue weighted by Crippen LogP contribution is -1.99. The van der Waals surface area contributed by atoms with Crippen LogP contribution < -0.4 is 0 Å². The molecule has 0 saturated carbocycles. The summed E-state index contributed by atoms with van der Waals surface area (Å²) in [5, 5.41) is 1.95. The Hall–Kier alpha value is -0.840. The van der Waals surface area contributed by atoms with Gasteiger partial charge < -0.3 is 4.74 Å². The highest BCUT2D eigenvalue weighted by Gasteiger charge is 2.19. The van der Waals surface area contributed by atoms with E-state index in [4.69, 9.17) is 16.3 Å². The van der Waals surface area contributed by atoms with Crippen molar-refractivity contribution in [3.8, 4) is 10.4 Å². The number of aryl methyl sites for hydroxylation is 1. The third kappa shape index (κ3) is 2.00. The van der Waals surface area contributed by atoms with Gasteiger partial charge in [-0.15, -0.1) is 22.7 Å². The van der Waals surface area contributed by atoms with Crippen LogP contribution in [0.5, 0.6) is 0 Å². The number of rotatable bonds is 2. The molecule has 0 aromatic carbocycles. The molecule has 0 aliphatic rings. The van der Waals surface area contributed by atoms with Crippen LogP contribution in [-0.4, -0.2) is 13.1 Å². The highest BCUT2D eigenvalue weighted by molar-refractivity contribution is 7.20. The van der Waals surface area contributed by atoms with Gasteiger partial charge in [0.2, 0.25) is 0 Å². The van der Waals surface area contributed by atoms with E-state index in [0.29, 0.717) is 4.88 Å². The Morgan fingerprint density at radius 1 is 1.44 bits per heavy atom. The number of carbonyl (C=O) groups excluding carboxylic acids is 1. The average molecular weight is 273 g/mol. The smallest absolute Gasteiger partial charge is 0.348 e. The van der Waals surface area contributed by atoms with E-state index in [1.165, 1.54) is 29.8 Å². The van der Waals surface area contributed by atoms with Crippen LogP contribution in [0.2, 0.25) is 4.34 Å². The summed E-state index contributed by atoms with van der Waals surface area (Å²) < 4.78 is 5.48. The molecule has 2 aromatic heterocycles. The maximum Gasteiger partial charge on any atom is 0.348 e. The predicted octanol–water partition coefficient (Wildman–Crippen LogP) is 4.23. The summed E-state index contributed by atoms with van der Waals surface area (Å²) in [5.41, 5.74) is 2.01. The van der Waals surface area contributed by atoms with E-state index in [2.05, 4.69) is 0 Å². The second-order valence-corrected chi connectivity index (χ2v) is 5.81. The van der Waals surface area contributed by atoms with Crippen molar-refractivity contribution in [2.75, 3.05) is 7.11 Å². The third-order valence-corrected chi connectivity index (χ3v) is 4.49. The molecule has 2 nitrogen and oxygen atoms in total. The zero-order valence-electron chi connectivity index (χ0n) is 8.74. The Bertz CT molecular complexity index is 528. The molecule has 2 heterocycles. The average Bonchev–Trinajstić information content (AvgIpc) is 2.83. The molecular formula is C11H9ClO2S2. The lowest BCUT2D eigenvalue weighted by molar-refractivity contribution is 0.0607. The fourth-order valence-electron chi connectivity index (χ4n) is 1.44. The molecule has 0 saturated heterocycles. The molecule has 2 rings (SSSR count). The Kier molecular flexibility index (Phi) is 3.33. The number of hydrogen-bond acceptors (Lipinski definition) is 4. The SMILES string of the molecule is COC(=O)c1scc(C)c1-c1ccc(Cl)s1. The minimum absolute atomic E-state index is 0.294. The molecule has 0 radical (unpaired) electrons. The van der Waals surface area contributed by atoms with Gasteiger partial charge in [0.1, 0.15) is 4.88 Å².